The van der Waals surface area contributed by atoms with E-state index in [0.717, 1.165) is 12.1 Å². The number of rotatable bonds is 8. The molecular weight excluding hydrogens is 289 g/mol. The largest absolute Gasteiger partial charge is 0.477 e. The number of nitriles is 1. The molecule has 1 aromatic rings. The zero-order chi connectivity index (χ0) is 15.7. The highest BCUT2D eigenvalue weighted by molar-refractivity contribution is 5.39. The Kier molecular flexibility index (Phi) is 6.91. The SMILES string of the molecule is COCCOCCCOc1nc(C(F)(F)F)ccc1C#N. The van der Waals surface area contributed by atoms with Crippen LogP contribution in [-0.4, -0.2) is 38.5 Å². The fraction of sp³-hybridized carbons (Fsp3) is 0.538. The van der Waals surface area contributed by atoms with Crippen LogP contribution in [0.25, 0.3) is 0 Å². The van der Waals surface area contributed by atoms with Gasteiger partial charge in [0.25, 0.3) is 0 Å². The van der Waals surface area contributed by atoms with Crippen molar-refractivity contribution in [2.24, 2.45) is 0 Å². The molecule has 0 aromatic carbocycles. The van der Waals surface area contributed by atoms with Gasteiger partial charge in [0.2, 0.25) is 5.88 Å². The van der Waals surface area contributed by atoms with Crippen molar-refractivity contribution < 1.29 is 27.4 Å². The highest BCUT2D eigenvalue weighted by Gasteiger charge is 2.33. The molecule has 0 aliphatic rings. The second kappa shape index (κ2) is 8.44. The van der Waals surface area contributed by atoms with Gasteiger partial charge in [-0.15, -0.1) is 0 Å². The number of hydrogen-bond acceptors (Lipinski definition) is 5. The summed E-state index contributed by atoms with van der Waals surface area (Å²) >= 11 is 0. The highest BCUT2D eigenvalue weighted by Crippen LogP contribution is 2.29. The maximum atomic E-state index is 12.5. The van der Waals surface area contributed by atoms with E-state index < -0.39 is 11.9 Å². The summed E-state index contributed by atoms with van der Waals surface area (Å²) in [6.45, 7) is 1.39. The van der Waals surface area contributed by atoms with Crippen LogP contribution in [0.1, 0.15) is 17.7 Å². The van der Waals surface area contributed by atoms with E-state index in [1.165, 1.54) is 0 Å². The summed E-state index contributed by atoms with van der Waals surface area (Å²) in [7, 11) is 1.55. The van der Waals surface area contributed by atoms with Crippen molar-refractivity contribution in [2.75, 3.05) is 33.5 Å². The van der Waals surface area contributed by atoms with Gasteiger partial charge in [0.15, 0.2) is 0 Å². The first-order valence-corrected chi connectivity index (χ1v) is 6.17. The van der Waals surface area contributed by atoms with Gasteiger partial charge >= 0.3 is 6.18 Å². The van der Waals surface area contributed by atoms with Crippen LogP contribution in [0.3, 0.4) is 0 Å². The second-order valence-corrected chi connectivity index (χ2v) is 3.97. The molecule has 0 spiro atoms. The molecule has 0 saturated carbocycles. The standard InChI is InChI=1S/C13H15F3N2O3/c1-19-7-8-20-5-2-6-21-12-10(9-17)3-4-11(18-12)13(14,15)16/h3-4H,2,5-8H2,1H3. The minimum absolute atomic E-state index is 0.0386. The van der Waals surface area contributed by atoms with E-state index in [0.29, 0.717) is 26.2 Å². The maximum absolute atomic E-state index is 12.5. The van der Waals surface area contributed by atoms with E-state index in [2.05, 4.69) is 4.98 Å². The monoisotopic (exact) mass is 304 g/mol. The smallest absolute Gasteiger partial charge is 0.433 e. The summed E-state index contributed by atoms with van der Waals surface area (Å²) in [5.41, 5.74) is -1.13. The maximum Gasteiger partial charge on any atom is 0.433 e. The average molecular weight is 304 g/mol. The number of ether oxygens (including phenoxy) is 3. The third kappa shape index (κ3) is 5.97. The van der Waals surface area contributed by atoms with Crippen molar-refractivity contribution in [2.45, 2.75) is 12.6 Å². The summed E-state index contributed by atoms with van der Waals surface area (Å²) in [5, 5.41) is 8.82. The lowest BCUT2D eigenvalue weighted by molar-refractivity contribution is -0.141. The van der Waals surface area contributed by atoms with Gasteiger partial charge in [0, 0.05) is 20.1 Å². The number of aromatic nitrogens is 1. The number of halogens is 3. The van der Waals surface area contributed by atoms with Gasteiger partial charge in [-0.05, 0) is 12.1 Å². The van der Waals surface area contributed by atoms with Gasteiger partial charge in [-0.2, -0.15) is 18.4 Å². The summed E-state index contributed by atoms with van der Waals surface area (Å²) in [6, 6.07) is 3.53. The van der Waals surface area contributed by atoms with Crippen LogP contribution in [0.4, 0.5) is 13.2 Å². The molecule has 1 aromatic heterocycles. The van der Waals surface area contributed by atoms with Crippen molar-refractivity contribution in [1.82, 2.24) is 4.98 Å². The fourth-order valence-electron chi connectivity index (χ4n) is 1.37. The van der Waals surface area contributed by atoms with E-state index in [1.807, 2.05) is 0 Å². The average Bonchev–Trinajstić information content (AvgIpc) is 2.45. The van der Waals surface area contributed by atoms with Crippen LogP contribution < -0.4 is 4.74 Å². The van der Waals surface area contributed by atoms with Gasteiger partial charge < -0.3 is 14.2 Å². The minimum atomic E-state index is -4.57. The molecular formula is C13H15F3N2O3. The predicted octanol–water partition coefficient (Wildman–Crippen LogP) is 2.40. The summed E-state index contributed by atoms with van der Waals surface area (Å²) in [5.74, 6) is -0.316. The number of alkyl halides is 3. The summed E-state index contributed by atoms with van der Waals surface area (Å²) in [6.07, 6.45) is -4.11. The van der Waals surface area contributed by atoms with Crippen LogP contribution in [-0.2, 0) is 15.7 Å². The molecule has 116 valence electrons. The normalized spacial score (nSPS) is 11.2. The molecule has 1 heterocycles. The van der Waals surface area contributed by atoms with Crippen LogP contribution in [0.2, 0.25) is 0 Å². The second-order valence-electron chi connectivity index (χ2n) is 3.97. The van der Waals surface area contributed by atoms with E-state index in [9.17, 15) is 13.2 Å². The topological polar surface area (TPSA) is 64.4 Å². The van der Waals surface area contributed by atoms with Crippen LogP contribution in [0.15, 0.2) is 12.1 Å². The van der Waals surface area contributed by atoms with E-state index in [-0.39, 0.29) is 18.1 Å². The van der Waals surface area contributed by atoms with E-state index >= 15 is 0 Å². The van der Waals surface area contributed by atoms with Crippen molar-refractivity contribution in [1.29, 1.82) is 5.26 Å². The van der Waals surface area contributed by atoms with Gasteiger partial charge in [-0.25, -0.2) is 4.98 Å². The van der Waals surface area contributed by atoms with E-state index in [1.54, 1.807) is 13.2 Å². The molecule has 0 bridgehead atoms. The zero-order valence-electron chi connectivity index (χ0n) is 11.4. The Balaban J connectivity index is 2.51. The number of nitrogens with zero attached hydrogens (tertiary/aromatic N) is 2. The van der Waals surface area contributed by atoms with Crippen LogP contribution in [0.5, 0.6) is 5.88 Å². The Labute approximate surface area is 120 Å². The molecule has 5 nitrogen and oxygen atoms in total. The Morgan fingerprint density at radius 3 is 2.57 bits per heavy atom. The Morgan fingerprint density at radius 2 is 1.95 bits per heavy atom. The number of pyridine rings is 1. The first-order valence-electron chi connectivity index (χ1n) is 6.17. The molecule has 21 heavy (non-hydrogen) atoms. The number of methoxy groups -OCH3 is 1. The molecule has 0 amide bonds. The summed E-state index contributed by atoms with van der Waals surface area (Å²) < 4.78 is 52.7. The highest BCUT2D eigenvalue weighted by atomic mass is 19.4. The molecule has 0 atom stereocenters. The Morgan fingerprint density at radius 1 is 1.19 bits per heavy atom. The van der Waals surface area contributed by atoms with Gasteiger partial charge in [-0.3, -0.25) is 0 Å². The Hall–Kier alpha value is -1.85. The van der Waals surface area contributed by atoms with Crippen molar-refractivity contribution in [3.8, 4) is 11.9 Å². The molecule has 0 aliphatic heterocycles. The fourth-order valence-corrected chi connectivity index (χ4v) is 1.37. The third-order valence-electron chi connectivity index (χ3n) is 2.37. The molecule has 0 fully saturated rings. The van der Waals surface area contributed by atoms with Gasteiger partial charge in [-0.1, -0.05) is 0 Å². The first kappa shape index (κ1) is 17.2. The summed E-state index contributed by atoms with van der Waals surface area (Å²) in [4.78, 5) is 3.33. The van der Waals surface area contributed by atoms with Gasteiger partial charge in [0.05, 0.1) is 19.8 Å². The predicted molar refractivity (Wildman–Crippen MR) is 66.8 cm³/mol. The molecule has 0 unspecified atom stereocenters. The Bertz CT molecular complexity index is 487. The van der Waals surface area contributed by atoms with Crippen molar-refractivity contribution >= 4 is 0 Å². The third-order valence-corrected chi connectivity index (χ3v) is 2.37. The van der Waals surface area contributed by atoms with E-state index in [4.69, 9.17) is 19.5 Å². The molecule has 0 saturated heterocycles. The first-order chi connectivity index (χ1) is 9.99. The van der Waals surface area contributed by atoms with Crippen molar-refractivity contribution in [3.63, 3.8) is 0 Å². The van der Waals surface area contributed by atoms with Crippen LogP contribution >= 0.6 is 0 Å². The molecule has 1 rings (SSSR count). The molecule has 0 N–H and O–H groups in total. The lowest BCUT2D eigenvalue weighted by atomic mass is 10.2. The molecule has 0 radical (unpaired) electrons. The van der Waals surface area contributed by atoms with Crippen LogP contribution in [0, 0.1) is 11.3 Å². The molecule has 8 heteroatoms. The number of hydrogen-bond donors (Lipinski definition) is 0. The lowest BCUT2D eigenvalue weighted by Gasteiger charge is -2.10. The van der Waals surface area contributed by atoms with Crippen molar-refractivity contribution in [3.05, 3.63) is 23.4 Å². The van der Waals surface area contributed by atoms with Gasteiger partial charge in [0.1, 0.15) is 17.3 Å². The lowest BCUT2D eigenvalue weighted by Crippen LogP contribution is -2.11. The molecule has 0 aliphatic carbocycles. The quantitative estimate of drug-likeness (QED) is 0.690. The zero-order valence-corrected chi connectivity index (χ0v) is 11.4. The minimum Gasteiger partial charge on any atom is -0.477 e.